The zero-order valence-electron chi connectivity index (χ0n) is 11.5. The largest absolute Gasteiger partial charge is 0.330 e. The molecule has 1 aromatic carbocycles. The first-order valence-electron chi connectivity index (χ1n) is 7.27. The van der Waals surface area contributed by atoms with Crippen molar-refractivity contribution in [1.82, 2.24) is 0 Å². The van der Waals surface area contributed by atoms with E-state index in [1.165, 1.54) is 25.0 Å². The van der Waals surface area contributed by atoms with E-state index in [0.29, 0.717) is 18.4 Å². The molecular weight excluding hydrogens is 244 g/mol. The molecule has 3 atom stereocenters. The Morgan fingerprint density at radius 2 is 1.79 bits per heavy atom. The molecule has 1 aliphatic rings. The van der Waals surface area contributed by atoms with Crippen LogP contribution in [0.25, 0.3) is 0 Å². The molecule has 19 heavy (non-hydrogen) atoms. The fourth-order valence-electron chi connectivity index (χ4n) is 3.39. The average Bonchev–Trinajstić information content (AvgIpc) is 2.37. The predicted octanol–water partition coefficient (Wildman–Crippen LogP) is 3.91. The van der Waals surface area contributed by atoms with Gasteiger partial charge in [-0.05, 0) is 61.3 Å². The van der Waals surface area contributed by atoms with Crippen LogP contribution in [-0.4, -0.2) is 6.54 Å². The van der Waals surface area contributed by atoms with Crippen LogP contribution in [0.2, 0.25) is 0 Å². The quantitative estimate of drug-likeness (QED) is 0.879. The molecule has 0 aromatic heterocycles. The fourth-order valence-corrected chi connectivity index (χ4v) is 3.39. The summed E-state index contributed by atoms with van der Waals surface area (Å²) in [4.78, 5) is 0. The van der Waals surface area contributed by atoms with Crippen LogP contribution in [0.1, 0.15) is 38.2 Å². The Kier molecular flexibility index (Phi) is 4.92. The lowest BCUT2D eigenvalue weighted by molar-refractivity contribution is 0.179. The molecule has 0 amide bonds. The summed E-state index contributed by atoms with van der Waals surface area (Å²) in [6.07, 6.45) is 5.46. The zero-order chi connectivity index (χ0) is 13.8. The minimum Gasteiger partial charge on any atom is -0.330 e. The molecule has 0 bridgehead atoms. The maximum atomic E-state index is 13.2. The third-order valence-corrected chi connectivity index (χ3v) is 4.55. The third-order valence-electron chi connectivity index (χ3n) is 4.55. The van der Waals surface area contributed by atoms with Crippen molar-refractivity contribution in [2.24, 2.45) is 23.5 Å². The predicted molar refractivity (Wildman–Crippen MR) is 73.7 cm³/mol. The van der Waals surface area contributed by atoms with Crippen LogP contribution in [0.15, 0.2) is 18.2 Å². The number of halogens is 2. The van der Waals surface area contributed by atoms with Crippen LogP contribution >= 0.6 is 0 Å². The Balaban J connectivity index is 2.09. The summed E-state index contributed by atoms with van der Waals surface area (Å²) in [6.45, 7) is 2.89. The van der Waals surface area contributed by atoms with Gasteiger partial charge >= 0.3 is 0 Å². The Morgan fingerprint density at radius 1 is 1.11 bits per heavy atom. The number of hydrogen-bond donors (Lipinski definition) is 1. The zero-order valence-corrected chi connectivity index (χ0v) is 11.5. The summed E-state index contributed by atoms with van der Waals surface area (Å²) >= 11 is 0. The first-order valence-corrected chi connectivity index (χ1v) is 7.27. The smallest absolute Gasteiger partial charge is 0.126 e. The van der Waals surface area contributed by atoms with Crippen LogP contribution in [0.4, 0.5) is 8.78 Å². The van der Waals surface area contributed by atoms with Crippen LogP contribution in [0.5, 0.6) is 0 Å². The van der Waals surface area contributed by atoms with E-state index in [4.69, 9.17) is 5.73 Å². The second-order valence-corrected chi connectivity index (χ2v) is 5.83. The van der Waals surface area contributed by atoms with Gasteiger partial charge in [0.15, 0.2) is 0 Å². The first-order chi connectivity index (χ1) is 9.12. The molecule has 1 aliphatic carbocycles. The van der Waals surface area contributed by atoms with E-state index in [1.54, 1.807) is 0 Å². The fraction of sp³-hybridized carbons (Fsp3) is 0.625. The molecule has 1 aromatic rings. The van der Waals surface area contributed by atoms with E-state index in [0.717, 1.165) is 36.8 Å². The first kappa shape index (κ1) is 14.4. The Morgan fingerprint density at radius 3 is 2.37 bits per heavy atom. The number of hydrogen-bond acceptors (Lipinski definition) is 1. The van der Waals surface area contributed by atoms with Gasteiger partial charge in [0.1, 0.15) is 11.6 Å². The second kappa shape index (κ2) is 6.47. The van der Waals surface area contributed by atoms with Gasteiger partial charge in [0.25, 0.3) is 0 Å². The van der Waals surface area contributed by atoms with Crippen LogP contribution in [0, 0.1) is 29.4 Å². The second-order valence-electron chi connectivity index (χ2n) is 5.83. The third kappa shape index (κ3) is 3.75. The molecule has 0 heterocycles. The molecule has 0 aliphatic heterocycles. The molecule has 0 radical (unpaired) electrons. The summed E-state index contributed by atoms with van der Waals surface area (Å²) in [5.41, 5.74) is 6.61. The van der Waals surface area contributed by atoms with E-state index < -0.39 is 11.6 Å². The molecule has 1 nitrogen and oxygen atoms in total. The highest BCUT2D eigenvalue weighted by Crippen LogP contribution is 2.37. The van der Waals surface area contributed by atoms with Gasteiger partial charge in [-0.3, -0.25) is 0 Å². The highest BCUT2D eigenvalue weighted by Gasteiger charge is 2.29. The minimum absolute atomic E-state index is 0.463. The lowest BCUT2D eigenvalue weighted by Crippen LogP contribution is -2.31. The maximum Gasteiger partial charge on any atom is 0.126 e. The molecule has 0 saturated heterocycles. The van der Waals surface area contributed by atoms with Crippen LogP contribution in [0.3, 0.4) is 0 Å². The monoisotopic (exact) mass is 267 g/mol. The molecule has 2 rings (SSSR count). The summed E-state index contributed by atoms with van der Waals surface area (Å²) in [5, 5.41) is 0. The van der Waals surface area contributed by atoms with E-state index in [9.17, 15) is 8.78 Å². The van der Waals surface area contributed by atoms with E-state index in [2.05, 4.69) is 6.92 Å². The van der Waals surface area contributed by atoms with Gasteiger partial charge in [0.05, 0.1) is 0 Å². The minimum atomic E-state index is -0.484. The van der Waals surface area contributed by atoms with Crippen molar-refractivity contribution in [3.05, 3.63) is 35.4 Å². The van der Waals surface area contributed by atoms with Gasteiger partial charge in [0.2, 0.25) is 0 Å². The van der Waals surface area contributed by atoms with Crippen molar-refractivity contribution >= 4 is 0 Å². The maximum absolute atomic E-state index is 13.2. The van der Waals surface area contributed by atoms with Crippen molar-refractivity contribution < 1.29 is 8.78 Å². The molecule has 0 spiro atoms. The van der Waals surface area contributed by atoms with Gasteiger partial charge in [-0.2, -0.15) is 0 Å². The number of rotatable bonds is 4. The van der Waals surface area contributed by atoms with Crippen molar-refractivity contribution in [3.63, 3.8) is 0 Å². The Bertz CT molecular complexity index is 399. The summed E-state index contributed by atoms with van der Waals surface area (Å²) < 4.78 is 26.5. The summed E-state index contributed by atoms with van der Waals surface area (Å²) in [6, 6.07) is 3.83. The van der Waals surface area contributed by atoms with Crippen molar-refractivity contribution in [1.29, 1.82) is 0 Å². The lowest BCUT2D eigenvalue weighted by Gasteiger charge is -2.35. The topological polar surface area (TPSA) is 26.0 Å². The van der Waals surface area contributed by atoms with Gasteiger partial charge in [-0.1, -0.05) is 19.8 Å². The van der Waals surface area contributed by atoms with E-state index in [-0.39, 0.29) is 0 Å². The summed E-state index contributed by atoms with van der Waals surface area (Å²) in [5.74, 6) is 0.731. The Hall–Kier alpha value is -0.960. The van der Waals surface area contributed by atoms with E-state index in [1.807, 2.05) is 0 Å². The number of nitrogens with two attached hydrogens (primary N) is 1. The van der Waals surface area contributed by atoms with E-state index >= 15 is 0 Å². The standard InChI is InChI=1S/C16H23F2N/c1-2-11-3-4-13(10-19)14(5-11)6-12-7-15(17)9-16(18)8-12/h7-9,11,13-14H,2-6,10,19H2,1H3. The van der Waals surface area contributed by atoms with Gasteiger partial charge in [-0.15, -0.1) is 0 Å². The van der Waals surface area contributed by atoms with Crippen molar-refractivity contribution in [3.8, 4) is 0 Å². The Labute approximate surface area is 114 Å². The van der Waals surface area contributed by atoms with Gasteiger partial charge < -0.3 is 5.73 Å². The highest BCUT2D eigenvalue weighted by atomic mass is 19.1. The molecule has 1 saturated carbocycles. The summed E-state index contributed by atoms with van der Waals surface area (Å²) in [7, 11) is 0. The molecular formula is C16H23F2N. The van der Waals surface area contributed by atoms with Gasteiger partial charge in [0, 0.05) is 6.07 Å². The SMILES string of the molecule is CCC1CCC(CN)C(Cc2cc(F)cc(F)c2)C1. The number of benzene rings is 1. The van der Waals surface area contributed by atoms with Crippen LogP contribution in [-0.2, 0) is 6.42 Å². The average molecular weight is 267 g/mol. The van der Waals surface area contributed by atoms with Gasteiger partial charge in [-0.25, -0.2) is 8.78 Å². The molecule has 1 fully saturated rings. The van der Waals surface area contributed by atoms with Crippen molar-refractivity contribution in [2.45, 2.75) is 39.0 Å². The molecule has 2 N–H and O–H groups in total. The highest BCUT2D eigenvalue weighted by molar-refractivity contribution is 5.18. The molecule has 106 valence electrons. The van der Waals surface area contributed by atoms with Crippen molar-refractivity contribution in [2.75, 3.05) is 6.54 Å². The lowest BCUT2D eigenvalue weighted by atomic mass is 9.71. The van der Waals surface area contributed by atoms with Crippen LogP contribution < -0.4 is 5.73 Å². The molecule has 3 heteroatoms. The normalized spacial score (nSPS) is 27.5. The molecule has 3 unspecified atom stereocenters.